The number of hydrogen-bond acceptors (Lipinski definition) is 6. The second-order valence-corrected chi connectivity index (χ2v) is 6.99. The van der Waals surface area contributed by atoms with Crippen molar-refractivity contribution in [1.82, 2.24) is 16.0 Å². The summed E-state index contributed by atoms with van der Waals surface area (Å²) in [6.45, 7) is 6.39. The number of rotatable bonds is 12. The summed E-state index contributed by atoms with van der Waals surface area (Å²) in [5, 5.41) is 16.3. The standard InChI is InChI=1S/C17H31N5O6/c1-5-9(4)14(17(27)28)21-12(24)7-20-16(26)13(8(2)3)22-15(25)10(18)6-11(19)23/h8-10,13-14H,5-7,18H2,1-4H3,(H2,19,23)(H,20,26)(H,21,24)(H,22,25)(H,27,28). The Morgan fingerprint density at radius 2 is 1.54 bits per heavy atom. The van der Waals surface area contributed by atoms with E-state index in [4.69, 9.17) is 11.5 Å². The van der Waals surface area contributed by atoms with Crippen molar-refractivity contribution in [2.45, 2.75) is 58.7 Å². The molecule has 4 amide bonds. The first-order valence-corrected chi connectivity index (χ1v) is 9.04. The molecule has 0 aromatic carbocycles. The van der Waals surface area contributed by atoms with Crippen LogP contribution in [-0.4, -0.2) is 59.4 Å². The van der Waals surface area contributed by atoms with Crippen LogP contribution in [0.15, 0.2) is 0 Å². The molecule has 0 saturated carbocycles. The molecule has 11 heteroatoms. The molecule has 0 heterocycles. The van der Waals surface area contributed by atoms with E-state index in [9.17, 15) is 29.1 Å². The van der Waals surface area contributed by atoms with Crippen LogP contribution >= 0.6 is 0 Å². The molecule has 160 valence electrons. The number of nitrogens with one attached hydrogen (secondary N) is 3. The molecule has 0 fully saturated rings. The maximum atomic E-state index is 12.3. The quantitative estimate of drug-likeness (QED) is 0.219. The summed E-state index contributed by atoms with van der Waals surface area (Å²) >= 11 is 0. The summed E-state index contributed by atoms with van der Waals surface area (Å²) in [5.41, 5.74) is 10.5. The second-order valence-electron chi connectivity index (χ2n) is 6.99. The molecule has 0 radical (unpaired) electrons. The first kappa shape index (κ1) is 25.3. The molecule has 4 atom stereocenters. The minimum Gasteiger partial charge on any atom is -0.480 e. The van der Waals surface area contributed by atoms with Crippen molar-refractivity contribution in [2.24, 2.45) is 23.3 Å². The van der Waals surface area contributed by atoms with Crippen LogP contribution in [0, 0.1) is 11.8 Å². The molecule has 0 aromatic heterocycles. The van der Waals surface area contributed by atoms with Gasteiger partial charge in [-0.2, -0.15) is 0 Å². The maximum absolute atomic E-state index is 12.3. The number of primary amides is 1. The normalized spacial score (nSPS) is 15.1. The van der Waals surface area contributed by atoms with Crippen molar-refractivity contribution in [3.63, 3.8) is 0 Å². The summed E-state index contributed by atoms with van der Waals surface area (Å²) < 4.78 is 0. The molecular weight excluding hydrogens is 370 g/mol. The molecule has 0 spiro atoms. The molecule has 0 aliphatic carbocycles. The van der Waals surface area contributed by atoms with Gasteiger partial charge >= 0.3 is 5.97 Å². The van der Waals surface area contributed by atoms with Crippen LogP contribution in [0.25, 0.3) is 0 Å². The van der Waals surface area contributed by atoms with Crippen LogP contribution in [0.1, 0.15) is 40.5 Å². The lowest BCUT2D eigenvalue weighted by Crippen LogP contribution is -2.56. The predicted molar refractivity (Wildman–Crippen MR) is 101 cm³/mol. The van der Waals surface area contributed by atoms with Gasteiger partial charge in [-0.1, -0.05) is 34.1 Å². The third-order valence-corrected chi connectivity index (χ3v) is 4.22. The number of hydrogen-bond donors (Lipinski definition) is 6. The van der Waals surface area contributed by atoms with Gasteiger partial charge in [0.1, 0.15) is 12.1 Å². The highest BCUT2D eigenvalue weighted by molar-refractivity contribution is 5.94. The minimum atomic E-state index is -1.19. The lowest BCUT2D eigenvalue weighted by atomic mass is 9.99. The molecule has 4 unspecified atom stereocenters. The summed E-state index contributed by atoms with van der Waals surface area (Å²) in [7, 11) is 0. The number of carboxylic acid groups (broad SMARTS) is 1. The second kappa shape index (κ2) is 11.9. The Balaban J connectivity index is 4.81. The van der Waals surface area contributed by atoms with E-state index in [0.717, 1.165) is 0 Å². The van der Waals surface area contributed by atoms with E-state index in [1.807, 2.05) is 0 Å². The number of carbonyl (C=O) groups excluding carboxylic acids is 4. The van der Waals surface area contributed by atoms with Crippen molar-refractivity contribution >= 4 is 29.6 Å². The molecule has 0 aromatic rings. The smallest absolute Gasteiger partial charge is 0.326 e. The van der Waals surface area contributed by atoms with Gasteiger partial charge < -0.3 is 32.5 Å². The first-order chi connectivity index (χ1) is 12.9. The molecule has 28 heavy (non-hydrogen) atoms. The van der Waals surface area contributed by atoms with Crippen molar-refractivity contribution in [2.75, 3.05) is 6.54 Å². The van der Waals surface area contributed by atoms with Gasteiger partial charge in [-0.25, -0.2) is 4.79 Å². The largest absolute Gasteiger partial charge is 0.480 e. The van der Waals surface area contributed by atoms with Crippen LogP contribution in [-0.2, 0) is 24.0 Å². The molecule has 0 rings (SSSR count). The van der Waals surface area contributed by atoms with Crippen molar-refractivity contribution < 1.29 is 29.1 Å². The summed E-state index contributed by atoms with van der Waals surface area (Å²) in [6.07, 6.45) is 0.184. The van der Waals surface area contributed by atoms with Gasteiger partial charge in [0.15, 0.2) is 0 Å². The molecule has 0 aliphatic rings. The highest BCUT2D eigenvalue weighted by Crippen LogP contribution is 2.07. The van der Waals surface area contributed by atoms with Crippen LogP contribution in [0.3, 0.4) is 0 Å². The molecule has 11 nitrogen and oxygen atoms in total. The monoisotopic (exact) mass is 401 g/mol. The van der Waals surface area contributed by atoms with Gasteiger partial charge in [-0.3, -0.25) is 19.2 Å². The third kappa shape index (κ3) is 8.80. The summed E-state index contributed by atoms with van der Waals surface area (Å²) in [4.78, 5) is 58.4. The fourth-order valence-electron chi connectivity index (χ4n) is 2.29. The Kier molecular flexibility index (Phi) is 10.8. The number of aliphatic carboxylic acids is 1. The molecule has 0 aliphatic heterocycles. The van der Waals surface area contributed by atoms with Crippen LogP contribution in [0.2, 0.25) is 0 Å². The van der Waals surface area contributed by atoms with Gasteiger partial charge in [0.2, 0.25) is 23.6 Å². The lowest BCUT2D eigenvalue weighted by Gasteiger charge is -2.24. The number of amides is 4. The van der Waals surface area contributed by atoms with Gasteiger partial charge in [0.05, 0.1) is 19.0 Å². The van der Waals surface area contributed by atoms with E-state index < -0.39 is 54.3 Å². The van der Waals surface area contributed by atoms with Gasteiger partial charge in [0, 0.05) is 0 Å². The predicted octanol–water partition coefficient (Wildman–Crippen LogP) is -1.94. The van der Waals surface area contributed by atoms with E-state index in [1.54, 1.807) is 27.7 Å². The zero-order valence-electron chi connectivity index (χ0n) is 16.7. The number of nitrogens with two attached hydrogens (primary N) is 2. The van der Waals surface area contributed by atoms with E-state index in [0.29, 0.717) is 6.42 Å². The number of carbonyl (C=O) groups is 5. The zero-order chi connectivity index (χ0) is 22.0. The fraction of sp³-hybridized carbons (Fsp3) is 0.706. The Morgan fingerprint density at radius 3 is 1.96 bits per heavy atom. The van der Waals surface area contributed by atoms with E-state index >= 15 is 0 Å². The highest BCUT2D eigenvalue weighted by atomic mass is 16.4. The van der Waals surface area contributed by atoms with Gasteiger partial charge in [0.25, 0.3) is 0 Å². The number of carboxylic acids is 1. The Hall–Kier alpha value is -2.69. The average molecular weight is 401 g/mol. The van der Waals surface area contributed by atoms with E-state index in [2.05, 4.69) is 16.0 Å². The highest BCUT2D eigenvalue weighted by Gasteiger charge is 2.28. The summed E-state index contributed by atoms with van der Waals surface area (Å²) in [6, 6.07) is -3.26. The first-order valence-electron chi connectivity index (χ1n) is 9.04. The SMILES string of the molecule is CCC(C)C(NC(=O)CNC(=O)C(NC(=O)C(N)CC(N)=O)C(C)C)C(=O)O. The van der Waals surface area contributed by atoms with Crippen LogP contribution in [0.5, 0.6) is 0 Å². The molecule has 0 bridgehead atoms. The fourth-order valence-corrected chi connectivity index (χ4v) is 2.29. The Morgan fingerprint density at radius 1 is 0.964 bits per heavy atom. The third-order valence-electron chi connectivity index (χ3n) is 4.22. The molecule has 0 saturated heterocycles. The van der Waals surface area contributed by atoms with Gasteiger partial charge in [-0.15, -0.1) is 0 Å². The topological polar surface area (TPSA) is 194 Å². The molecular formula is C17H31N5O6. The van der Waals surface area contributed by atoms with E-state index in [1.165, 1.54) is 0 Å². The van der Waals surface area contributed by atoms with E-state index in [-0.39, 0.29) is 18.3 Å². The lowest BCUT2D eigenvalue weighted by molar-refractivity contribution is -0.143. The summed E-state index contributed by atoms with van der Waals surface area (Å²) in [5.74, 6) is -4.56. The van der Waals surface area contributed by atoms with Crippen molar-refractivity contribution in [1.29, 1.82) is 0 Å². The zero-order valence-corrected chi connectivity index (χ0v) is 16.7. The van der Waals surface area contributed by atoms with Crippen molar-refractivity contribution in [3.05, 3.63) is 0 Å². The van der Waals surface area contributed by atoms with Crippen molar-refractivity contribution in [3.8, 4) is 0 Å². The van der Waals surface area contributed by atoms with Crippen LogP contribution < -0.4 is 27.4 Å². The Labute approximate surface area is 164 Å². The van der Waals surface area contributed by atoms with Crippen LogP contribution in [0.4, 0.5) is 0 Å². The van der Waals surface area contributed by atoms with Gasteiger partial charge in [-0.05, 0) is 11.8 Å². The minimum absolute atomic E-state index is 0.286. The average Bonchev–Trinajstić information content (AvgIpc) is 2.59. The maximum Gasteiger partial charge on any atom is 0.326 e. The molecule has 8 N–H and O–H groups in total. The Bertz CT molecular complexity index is 595.